The fourth-order valence-electron chi connectivity index (χ4n) is 5.13. The van der Waals surface area contributed by atoms with Crippen molar-refractivity contribution in [3.63, 3.8) is 0 Å². The molecule has 0 bridgehead atoms. The number of nitrogens with one attached hydrogen (secondary N) is 4. The van der Waals surface area contributed by atoms with E-state index < -0.39 is 0 Å². The van der Waals surface area contributed by atoms with Crippen LogP contribution in [0.1, 0.15) is 26.2 Å². The van der Waals surface area contributed by atoms with Crippen molar-refractivity contribution in [2.24, 2.45) is 0 Å². The Morgan fingerprint density at radius 2 is 1.89 bits per heavy atom. The molecular formula is C33H34FN9O. The van der Waals surface area contributed by atoms with Gasteiger partial charge < -0.3 is 20.5 Å². The van der Waals surface area contributed by atoms with Crippen LogP contribution in [0.25, 0.3) is 55.8 Å². The zero-order chi connectivity index (χ0) is 30.6. The molecule has 0 aliphatic rings. The minimum Gasteiger partial charge on any atom is -0.383 e. The van der Waals surface area contributed by atoms with Crippen molar-refractivity contribution in [2.45, 2.75) is 26.2 Å². The number of H-pyrrole nitrogens is 2. The normalized spacial score (nSPS) is 11.5. The number of pyridine rings is 2. The van der Waals surface area contributed by atoms with Crippen molar-refractivity contribution in [3.8, 4) is 33.9 Å². The molecule has 44 heavy (non-hydrogen) atoms. The summed E-state index contributed by atoms with van der Waals surface area (Å²) in [5.74, 6) is 0.190. The van der Waals surface area contributed by atoms with Crippen LogP contribution in [0.4, 0.5) is 15.8 Å². The second kappa shape index (κ2) is 12.6. The van der Waals surface area contributed by atoms with Gasteiger partial charge in [-0.25, -0.2) is 9.37 Å². The number of hydrogen-bond donors (Lipinski definition) is 4. The van der Waals surface area contributed by atoms with Crippen LogP contribution < -0.4 is 10.6 Å². The van der Waals surface area contributed by atoms with Gasteiger partial charge in [0.25, 0.3) is 0 Å². The van der Waals surface area contributed by atoms with Gasteiger partial charge >= 0.3 is 0 Å². The molecule has 6 rings (SSSR count). The summed E-state index contributed by atoms with van der Waals surface area (Å²) in [6.07, 6.45) is 7.39. The van der Waals surface area contributed by atoms with E-state index in [9.17, 15) is 9.18 Å². The number of carbonyl (C=O) groups excluding carboxylic acids is 1. The summed E-state index contributed by atoms with van der Waals surface area (Å²) in [5.41, 5.74) is 7.29. The Morgan fingerprint density at radius 1 is 1.00 bits per heavy atom. The van der Waals surface area contributed by atoms with Crippen LogP contribution in [0.15, 0.2) is 67.1 Å². The molecule has 224 valence electrons. The van der Waals surface area contributed by atoms with E-state index in [0.717, 1.165) is 52.6 Å². The Balaban J connectivity index is 1.35. The highest BCUT2D eigenvalue weighted by molar-refractivity contribution is 5.99. The fraction of sp³-hybridized carbons (Fsp3) is 0.242. The lowest BCUT2D eigenvalue weighted by atomic mass is 10.0. The van der Waals surface area contributed by atoms with Crippen molar-refractivity contribution < 1.29 is 9.18 Å². The van der Waals surface area contributed by atoms with Crippen molar-refractivity contribution in [1.82, 2.24) is 35.0 Å². The number of nitrogens with zero attached hydrogens (tertiary/aromatic N) is 5. The van der Waals surface area contributed by atoms with E-state index in [4.69, 9.17) is 4.98 Å². The number of halogens is 1. The Hall–Kier alpha value is -5.16. The molecule has 11 heteroatoms. The van der Waals surface area contributed by atoms with Gasteiger partial charge in [-0.15, -0.1) is 0 Å². The van der Waals surface area contributed by atoms with Gasteiger partial charge in [0.15, 0.2) is 5.82 Å². The summed E-state index contributed by atoms with van der Waals surface area (Å²) >= 11 is 0. The van der Waals surface area contributed by atoms with E-state index in [2.05, 4.69) is 47.6 Å². The molecule has 6 aromatic rings. The first-order valence-electron chi connectivity index (χ1n) is 14.7. The average Bonchev–Trinajstić information content (AvgIpc) is 3.64. The topological polar surface area (TPSA) is 128 Å². The first-order valence-corrected chi connectivity index (χ1v) is 14.7. The second-order valence-electron chi connectivity index (χ2n) is 11.0. The van der Waals surface area contributed by atoms with Crippen LogP contribution in [0, 0.1) is 5.82 Å². The molecule has 4 N–H and O–H groups in total. The molecule has 0 atom stereocenters. The smallest absolute Gasteiger partial charge is 0.224 e. The molecule has 0 radical (unpaired) electrons. The van der Waals surface area contributed by atoms with Crippen molar-refractivity contribution in [2.75, 3.05) is 37.8 Å². The lowest BCUT2D eigenvalue weighted by molar-refractivity contribution is -0.116. The molecule has 0 saturated heterocycles. The van der Waals surface area contributed by atoms with Gasteiger partial charge in [0.2, 0.25) is 5.91 Å². The molecule has 0 saturated carbocycles. The third-order valence-corrected chi connectivity index (χ3v) is 7.41. The van der Waals surface area contributed by atoms with Crippen LogP contribution in [0.5, 0.6) is 0 Å². The fourth-order valence-corrected chi connectivity index (χ4v) is 5.13. The summed E-state index contributed by atoms with van der Waals surface area (Å²) in [7, 11) is 4.01. The lowest BCUT2D eigenvalue weighted by Crippen LogP contribution is -2.21. The predicted molar refractivity (Wildman–Crippen MR) is 173 cm³/mol. The lowest BCUT2D eigenvalue weighted by Gasteiger charge is -2.14. The Labute approximate surface area is 254 Å². The van der Waals surface area contributed by atoms with E-state index in [1.54, 1.807) is 24.7 Å². The highest BCUT2D eigenvalue weighted by Gasteiger charge is 2.18. The molecule has 0 spiro atoms. The number of rotatable bonds is 11. The van der Waals surface area contributed by atoms with Crippen LogP contribution in [-0.2, 0) is 4.79 Å². The monoisotopic (exact) mass is 591 g/mol. The van der Waals surface area contributed by atoms with E-state index >= 15 is 0 Å². The maximum absolute atomic E-state index is 14.5. The van der Waals surface area contributed by atoms with Crippen molar-refractivity contribution in [1.29, 1.82) is 0 Å². The SMILES string of the molecule is CCCCC(=O)Nc1cncc(-c2ccc3[nH]nc(-c4nc5c(-c6cc(F)ccc6NCCN(C)C)nccc5[nH]4)c3c2)c1. The van der Waals surface area contributed by atoms with Gasteiger partial charge in [-0.05, 0) is 68.5 Å². The summed E-state index contributed by atoms with van der Waals surface area (Å²) < 4.78 is 14.5. The van der Waals surface area contributed by atoms with Crippen LogP contribution in [-0.4, -0.2) is 68.1 Å². The molecule has 1 amide bonds. The number of aromatic nitrogens is 6. The summed E-state index contributed by atoms with van der Waals surface area (Å²) in [6.45, 7) is 3.57. The van der Waals surface area contributed by atoms with E-state index in [-0.39, 0.29) is 11.7 Å². The average molecular weight is 592 g/mol. The number of imidazole rings is 1. The van der Waals surface area contributed by atoms with Crippen LogP contribution >= 0.6 is 0 Å². The van der Waals surface area contributed by atoms with Gasteiger partial charge in [-0.2, -0.15) is 5.10 Å². The number of unbranched alkanes of at least 4 members (excludes halogenated alkanes) is 1. The second-order valence-corrected chi connectivity index (χ2v) is 11.0. The number of likely N-dealkylation sites (N-methyl/N-ethyl adjacent to an activating group) is 1. The molecule has 0 unspecified atom stereocenters. The Bertz CT molecular complexity index is 1950. The van der Waals surface area contributed by atoms with Crippen molar-refractivity contribution >= 4 is 39.2 Å². The predicted octanol–water partition coefficient (Wildman–Crippen LogP) is 6.47. The van der Waals surface area contributed by atoms with Gasteiger partial charge in [-0.3, -0.25) is 19.9 Å². The largest absolute Gasteiger partial charge is 0.383 e. The quantitative estimate of drug-likeness (QED) is 0.136. The zero-order valence-electron chi connectivity index (χ0n) is 24.9. The number of carbonyl (C=O) groups is 1. The highest BCUT2D eigenvalue weighted by atomic mass is 19.1. The Kier molecular flexibility index (Phi) is 8.29. The van der Waals surface area contributed by atoms with Gasteiger partial charge in [0, 0.05) is 54.1 Å². The minimum atomic E-state index is -0.349. The molecule has 0 aliphatic heterocycles. The number of fused-ring (bicyclic) bond motifs is 2. The number of aromatic amines is 2. The van der Waals surface area contributed by atoms with E-state index in [1.165, 1.54) is 12.1 Å². The molecule has 4 heterocycles. The minimum absolute atomic E-state index is 0.0215. The van der Waals surface area contributed by atoms with Gasteiger partial charge in [-0.1, -0.05) is 19.4 Å². The third-order valence-electron chi connectivity index (χ3n) is 7.41. The van der Waals surface area contributed by atoms with E-state index in [0.29, 0.717) is 46.9 Å². The van der Waals surface area contributed by atoms with Crippen LogP contribution in [0.2, 0.25) is 0 Å². The molecule has 10 nitrogen and oxygen atoms in total. The number of hydrogen-bond acceptors (Lipinski definition) is 7. The first kappa shape index (κ1) is 28.9. The van der Waals surface area contributed by atoms with Crippen LogP contribution in [0.3, 0.4) is 0 Å². The third kappa shape index (κ3) is 6.13. The first-order chi connectivity index (χ1) is 21.4. The maximum atomic E-state index is 14.5. The molecule has 0 fully saturated rings. The molecule has 2 aromatic carbocycles. The zero-order valence-corrected chi connectivity index (χ0v) is 24.9. The molecule has 0 aliphatic carbocycles. The van der Waals surface area contributed by atoms with Gasteiger partial charge in [0.1, 0.15) is 22.7 Å². The standard InChI is InChI=1S/C33H34FN9O/c1-4-5-6-29(44)38-23-15-21(18-35-19-23)20-7-9-27-24(16-20)31(42-41-27)33-39-28-11-12-37-30(32(28)40-33)25-17-22(34)8-10-26(25)36-13-14-43(2)3/h7-12,15-19,36H,4-6,13-14H2,1-3H3,(H,38,44)(H,39,40)(H,41,42). The summed E-state index contributed by atoms with van der Waals surface area (Å²) in [4.78, 5) is 31.6. The number of anilines is 2. The Morgan fingerprint density at radius 3 is 2.73 bits per heavy atom. The molecule has 4 aromatic heterocycles. The summed E-state index contributed by atoms with van der Waals surface area (Å²) in [5, 5.41) is 14.9. The summed E-state index contributed by atoms with van der Waals surface area (Å²) in [6, 6.07) is 14.4. The number of amides is 1. The van der Waals surface area contributed by atoms with Gasteiger partial charge in [0.05, 0.1) is 22.9 Å². The van der Waals surface area contributed by atoms with Crippen molar-refractivity contribution in [3.05, 3.63) is 72.9 Å². The maximum Gasteiger partial charge on any atom is 0.224 e. The number of benzene rings is 2. The molecular weight excluding hydrogens is 557 g/mol. The van der Waals surface area contributed by atoms with E-state index in [1.807, 2.05) is 44.4 Å². The highest BCUT2D eigenvalue weighted by Crippen LogP contribution is 2.35.